The second kappa shape index (κ2) is 6.20. The van der Waals surface area contributed by atoms with E-state index in [0.29, 0.717) is 22.6 Å². The van der Waals surface area contributed by atoms with Crippen molar-refractivity contribution in [1.29, 1.82) is 0 Å². The van der Waals surface area contributed by atoms with Crippen molar-refractivity contribution in [3.63, 3.8) is 0 Å². The van der Waals surface area contributed by atoms with Crippen LogP contribution in [-0.4, -0.2) is 18.9 Å². The summed E-state index contributed by atoms with van der Waals surface area (Å²) in [6.45, 7) is 1.84. The molecular formula is C18H18ClNO3. The first kappa shape index (κ1) is 15.8. The van der Waals surface area contributed by atoms with Crippen LogP contribution in [0.1, 0.15) is 37.7 Å². The smallest absolute Gasteiger partial charge is 0.336 e. The Labute approximate surface area is 140 Å². The number of nitrogens with one attached hydrogen (secondary N) is 1. The van der Waals surface area contributed by atoms with E-state index in [9.17, 15) is 9.59 Å². The van der Waals surface area contributed by atoms with E-state index in [4.69, 9.17) is 16.3 Å². The number of methoxy groups -OCH3 is 1. The number of Topliss-reactive ketones (excluding diaryl/α,β-unsaturated/α-hetero) is 1. The predicted octanol–water partition coefficient (Wildman–Crippen LogP) is 3.48. The van der Waals surface area contributed by atoms with Gasteiger partial charge in [0.1, 0.15) is 0 Å². The summed E-state index contributed by atoms with van der Waals surface area (Å²) in [5, 5.41) is 3.81. The van der Waals surface area contributed by atoms with Crippen LogP contribution < -0.4 is 5.32 Å². The number of rotatable bonds is 2. The van der Waals surface area contributed by atoms with E-state index >= 15 is 0 Å². The summed E-state index contributed by atoms with van der Waals surface area (Å²) in [5.41, 5.74) is 3.63. The average molecular weight is 332 g/mol. The number of hydrogen-bond donors (Lipinski definition) is 1. The molecular weight excluding hydrogens is 314 g/mol. The Balaban J connectivity index is 2.20. The van der Waals surface area contributed by atoms with Gasteiger partial charge in [0.15, 0.2) is 5.78 Å². The molecule has 1 heterocycles. The monoisotopic (exact) mass is 331 g/mol. The summed E-state index contributed by atoms with van der Waals surface area (Å²) >= 11 is 6.12. The Kier molecular flexibility index (Phi) is 4.26. The third kappa shape index (κ3) is 2.79. The lowest BCUT2D eigenvalue weighted by atomic mass is 9.75. The maximum Gasteiger partial charge on any atom is 0.336 e. The number of carbonyl (C=O) groups excluding carboxylic acids is 2. The van der Waals surface area contributed by atoms with Gasteiger partial charge in [-0.25, -0.2) is 4.79 Å². The van der Waals surface area contributed by atoms with E-state index in [1.165, 1.54) is 7.11 Å². The number of ether oxygens (including phenoxy) is 1. The van der Waals surface area contributed by atoms with Crippen LogP contribution in [0.15, 0.2) is 46.8 Å². The molecule has 0 radical (unpaired) electrons. The molecule has 1 aromatic rings. The van der Waals surface area contributed by atoms with Crippen LogP contribution in [0.5, 0.6) is 0 Å². The highest BCUT2D eigenvalue weighted by Crippen LogP contribution is 2.42. The Morgan fingerprint density at radius 3 is 2.83 bits per heavy atom. The van der Waals surface area contributed by atoms with E-state index in [2.05, 4.69) is 5.32 Å². The van der Waals surface area contributed by atoms with Gasteiger partial charge in [-0.2, -0.15) is 0 Å². The molecule has 0 amide bonds. The molecule has 3 rings (SSSR count). The summed E-state index contributed by atoms with van der Waals surface area (Å²) in [6.07, 6.45) is 2.14. The Morgan fingerprint density at radius 2 is 2.13 bits per heavy atom. The summed E-state index contributed by atoms with van der Waals surface area (Å²) in [7, 11) is 1.35. The molecule has 4 nitrogen and oxygen atoms in total. The first-order valence-electron chi connectivity index (χ1n) is 7.60. The molecule has 0 bridgehead atoms. The van der Waals surface area contributed by atoms with Crippen LogP contribution in [0.3, 0.4) is 0 Å². The number of allylic oxidation sites excluding steroid dienone is 3. The molecule has 0 fully saturated rings. The maximum atomic E-state index is 12.6. The van der Waals surface area contributed by atoms with E-state index in [-0.39, 0.29) is 5.78 Å². The minimum atomic E-state index is -0.426. The molecule has 1 unspecified atom stereocenters. The Bertz CT molecular complexity index is 748. The molecule has 1 atom stereocenters. The zero-order valence-corrected chi connectivity index (χ0v) is 13.9. The van der Waals surface area contributed by atoms with Crippen molar-refractivity contribution in [2.75, 3.05) is 7.11 Å². The molecule has 5 heteroatoms. The highest BCUT2D eigenvalue weighted by Gasteiger charge is 2.38. The van der Waals surface area contributed by atoms with Crippen molar-refractivity contribution in [2.45, 2.75) is 32.1 Å². The summed E-state index contributed by atoms with van der Waals surface area (Å²) in [5.74, 6) is -0.771. The quantitative estimate of drug-likeness (QED) is 0.843. The highest BCUT2D eigenvalue weighted by molar-refractivity contribution is 6.30. The lowest BCUT2D eigenvalue weighted by molar-refractivity contribution is -0.136. The Hall–Kier alpha value is -2.07. The number of dihydropyridines is 1. The molecule has 0 aromatic heterocycles. The molecule has 1 aliphatic carbocycles. The first-order chi connectivity index (χ1) is 11.0. The third-order valence-corrected chi connectivity index (χ3v) is 4.60. The number of benzene rings is 1. The van der Waals surface area contributed by atoms with Crippen molar-refractivity contribution in [3.05, 3.63) is 57.4 Å². The van der Waals surface area contributed by atoms with Gasteiger partial charge in [-0.05, 0) is 37.5 Å². The van der Waals surface area contributed by atoms with Gasteiger partial charge in [0, 0.05) is 34.3 Å². The van der Waals surface area contributed by atoms with Gasteiger partial charge >= 0.3 is 5.97 Å². The van der Waals surface area contributed by atoms with E-state index < -0.39 is 11.9 Å². The molecule has 120 valence electrons. The van der Waals surface area contributed by atoms with Crippen molar-refractivity contribution >= 4 is 23.4 Å². The van der Waals surface area contributed by atoms with Crippen molar-refractivity contribution in [1.82, 2.24) is 5.32 Å². The Morgan fingerprint density at radius 1 is 1.35 bits per heavy atom. The maximum absolute atomic E-state index is 12.6. The lowest BCUT2D eigenvalue weighted by Crippen LogP contribution is -2.34. The number of esters is 1. The molecule has 0 saturated carbocycles. The SMILES string of the molecule is COC(=O)C1=C(C)NC2=C(C(=O)CCC2)C1c1cccc(Cl)c1. The van der Waals surface area contributed by atoms with E-state index in [1.807, 2.05) is 19.1 Å². The van der Waals surface area contributed by atoms with Crippen LogP contribution >= 0.6 is 11.6 Å². The van der Waals surface area contributed by atoms with Crippen LogP contribution in [-0.2, 0) is 14.3 Å². The molecule has 1 aromatic carbocycles. The fourth-order valence-electron chi connectivity index (χ4n) is 3.38. The molecule has 1 aliphatic heterocycles. The zero-order valence-electron chi connectivity index (χ0n) is 13.1. The fraction of sp³-hybridized carbons (Fsp3) is 0.333. The molecule has 0 spiro atoms. The van der Waals surface area contributed by atoms with Gasteiger partial charge in [0.05, 0.1) is 12.7 Å². The third-order valence-electron chi connectivity index (χ3n) is 4.36. The number of carbonyl (C=O) groups is 2. The summed E-state index contributed by atoms with van der Waals surface area (Å²) in [6, 6.07) is 7.31. The number of halogens is 1. The van der Waals surface area contributed by atoms with E-state index in [1.54, 1.807) is 12.1 Å². The van der Waals surface area contributed by atoms with Gasteiger partial charge < -0.3 is 10.1 Å². The van der Waals surface area contributed by atoms with Crippen molar-refractivity contribution < 1.29 is 14.3 Å². The van der Waals surface area contributed by atoms with Gasteiger partial charge in [0.25, 0.3) is 0 Å². The van der Waals surface area contributed by atoms with Crippen LogP contribution in [0.2, 0.25) is 5.02 Å². The first-order valence-corrected chi connectivity index (χ1v) is 7.98. The van der Waals surface area contributed by atoms with Gasteiger partial charge in [0.2, 0.25) is 0 Å². The molecule has 23 heavy (non-hydrogen) atoms. The predicted molar refractivity (Wildman–Crippen MR) is 87.9 cm³/mol. The van der Waals surface area contributed by atoms with Gasteiger partial charge in [-0.1, -0.05) is 23.7 Å². The number of hydrogen-bond acceptors (Lipinski definition) is 4. The molecule has 1 N–H and O–H groups in total. The largest absolute Gasteiger partial charge is 0.466 e. The van der Waals surface area contributed by atoms with Crippen molar-refractivity contribution in [2.24, 2.45) is 0 Å². The highest BCUT2D eigenvalue weighted by atomic mass is 35.5. The minimum Gasteiger partial charge on any atom is -0.466 e. The van der Waals surface area contributed by atoms with Gasteiger partial charge in [-0.3, -0.25) is 4.79 Å². The minimum absolute atomic E-state index is 0.0811. The van der Waals surface area contributed by atoms with Crippen LogP contribution in [0, 0.1) is 0 Å². The van der Waals surface area contributed by atoms with Crippen LogP contribution in [0.4, 0.5) is 0 Å². The van der Waals surface area contributed by atoms with Gasteiger partial charge in [-0.15, -0.1) is 0 Å². The van der Waals surface area contributed by atoms with Crippen molar-refractivity contribution in [3.8, 4) is 0 Å². The molecule has 2 aliphatic rings. The normalized spacial score (nSPS) is 21.0. The zero-order chi connectivity index (χ0) is 16.6. The average Bonchev–Trinajstić information content (AvgIpc) is 2.53. The lowest BCUT2D eigenvalue weighted by Gasteiger charge is -2.34. The standard InChI is InChI=1S/C18H18ClNO3/c1-10-15(18(22)23-2)16(11-5-3-6-12(19)9-11)17-13(20-10)7-4-8-14(17)21/h3,5-6,9,16,20H,4,7-8H2,1-2H3. The second-order valence-electron chi connectivity index (χ2n) is 5.81. The topological polar surface area (TPSA) is 55.4 Å². The number of ketones is 1. The summed E-state index contributed by atoms with van der Waals surface area (Å²) in [4.78, 5) is 24.9. The molecule has 0 saturated heterocycles. The fourth-order valence-corrected chi connectivity index (χ4v) is 3.58. The van der Waals surface area contributed by atoms with Crippen LogP contribution in [0.25, 0.3) is 0 Å². The second-order valence-corrected chi connectivity index (χ2v) is 6.25. The summed E-state index contributed by atoms with van der Waals surface area (Å²) < 4.78 is 4.95. The van der Waals surface area contributed by atoms with E-state index in [0.717, 1.165) is 29.8 Å².